The van der Waals surface area contributed by atoms with Crippen LogP contribution in [0.3, 0.4) is 0 Å². The van der Waals surface area contributed by atoms with Crippen molar-refractivity contribution in [3.05, 3.63) is 46.6 Å². The molecule has 0 aliphatic heterocycles. The van der Waals surface area contributed by atoms with E-state index in [0.717, 1.165) is 15.5 Å². The maximum atomic E-state index is 12.0. The Balaban J connectivity index is 1.58. The molecule has 4 rings (SSSR count). The number of imidazole rings is 1. The predicted octanol–water partition coefficient (Wildman–Crippen LogP) is 3.63. The molecule has 0 fully saturated rings. The minimum absolute atomic E-state index is 0.111. The zero-order valence-corrected chi connectivity index (χ0v) is 19.5. The SMILES string of the molecule is Cn1nnnc1-n1c(OCc2cccc(NC(=O)OC(C)(C)C)n2)nc2ccc(Br)cc21. The summed E-state index contributed by atoms with van der Waals surface area (Å²) in [6.45, 7) is 5.49. The summed E-state index contributed by atoms with van der Waals surface area (Å²) >= 11 is 3.48. The molecule has 0 spiro atoms. The van der Waals surface area contributed by atoms with E-state index in [1.54, 1.807) is 50.6 Å². The van der Waals surface area contributed by atoms with Gasteiger partial charge in [0, 0.05) is 11.5 Å². The Hall–Kier alpha value is -3.54. The quantitative estimate of drug-likeness (QED) is 0.440. The fourth-order valence-electron chi connectivity index (χ4n) is 2.91. The van der Waals surface area contributed by atoms with Gasteiger partial charge >= 0.3 is 12.1 Å². The Morgan fingerprint density at radius 3 is 2.72 bits per heavy atom. The summed E-state index contributed by atoms with van der Waals surface area (Å²) in [5.74, 6) is 0.809. The summed E-state index contributed by atoms with van der Waals surface area (Å²) in [6.07, 6.45) is -0.578. The van der Waals surface area contributed by atoms with Crippen LogP contribution in [-0.4, -0.2) is 46.4 Å². The zero-order valence-electron chi connectivity index (χ0n) is 17.9. The number of carbonyl (C=O) groups is 1. The summed E-state index contributed by atoms with van der Waals surface area (Å²) in [6, 6.07) is 11.2. The second-order valence-corrected chi connectivity index (χ2v) is 8.81. The number of pyridine rings is 1. The van der Waals surface area contributed by atoms with Crippen LogP contribution >= 0.6 is 15.9 Å². The van der Waals surface area contributed by atoms with Crippen LogP contribution in [0.5, 0.6) is 6.01 Å². The molecule has 11 nitrogen and oxygen atoms in total. The molecule has 0 saturated carbocycles. The van der Waals surface area contributed by atoms with E-state index in [1.165, 1.54) is 4.68 Å². The van der Waals surface area contributed by atoms with E-state index < -0.39 is 11.7 Å². The molecule has 0 aliphatic rings. The molecule has 0 atom stereocenters. The van der Waals surface area contributed by atoms with Crippen LogP contribution < -0.4 is 10.1 Å². The van der Waals surface area contributed by atoms with E-state index in [4.69, 9.17) is 9.47 Å². The Morgan fingerprint density at radius 2 is 2.00 bits per heavy atom. The number of ether oxygens (including phenoxy) is 2. The van der Waals surface area contributed by atoms with Gasteiger partial charge in [0.2, 0.25) is 0 Å². The number of fused-ring (bicyclic) bond motifs is 1. The number of halogens is 1. The van der Waals surface area contributed by atoms with E-state index in [2.05, 4.69) is 46.7 Å². The van der Waals surface area contributed by atoms with E-state index in [1.807, 2.05) is 18.2 Å². The third-order valence-electron chi connectivity index (χ3n) is 4.17. The standard InChI is InChI=1S/C20H21BrN8O3/c1-20(2,3)32-19(30)24-16-7-5-6-13(22-16)11-31-18-23-14-9-8-12(21)10-15(14)29(18)17-25-26-27-28(17)4/h5-10H,11H2,1-4H3,(H,22,24,30). The molecule has 1 aromatic carbocycles. The fourth-order valence-corrected chi connectivity index (χ4v) is 3.26. The monoisotopic (exact) mass is 500 g/mol. The molecule has 1 amide bonds. The van der Waals surface area contributed by atoms with Gasteiger partial charge in [-0.15, -0.1) is 0 Å². The van der Waals surface area contributed by atoms with Crippen LogP contribution in [0.2, 0.25) is 0 Å². The van der Waals surface area contributed by atoms with E-state index >= 15 is 0 Å². The molecule has 0 unspecified atom stereocenters. The van der Waals surface area contributed by atoms with Crippen molar-refractivity contribution in [3.63, 3.8) is 0 Å². The fraction of sp³-hybridized carbons (Fsp3) is 0.300. The molecule has 3 heterocycles. The van der Waals surface area contributed by atoms with Crippen LogP contribution in [0, 0.1) is 0 Å². The van der Waals surface area contributed by atoms with Gasteiger partial charge in [-0.1, -0.05) is 27.1 Å². The zero-order chi connectivity index (χ0) is 22.9. The number of nitrogens with zero attached hydrogens (tertiary/aromatic N) is 7. The maximum Gasteiger partial charge on any atom is 0.413 e. The highest BCUT2D eigenvalue weighted by Crippen LogP contribution is 2.27. The number of hydrogen-bond acceptors (Lipinski definition) is 8. The molecule has 0 aliphatic carbocycles. The molecule has 32 heavy (non-hydrogen) atoms. The van der Waals surface area contributed by atoms with Gasteiger partial charge in [0.05, 0.1) is 16.7 Å². The highest BCUT2D eigenvalue weighted by atomic mass is 79.9. The molecule has 0 bridgehead atoms. The largest absolute Gasteiger partial charge is 0.458 e. The molecule has 4 aromatic rings. The predicted molar refractivity (Wildman–Crippen MR) is 120 cm³/mol. The highest BCUT2D eigenvalue weighted by molar-refractivity contribution is 9.10. The number of benzene rings is 1. The average molecular weight is 501 g/mol. The van der Waals surface area contributed by atoms with Gasteiger partial charge in [-0.2, -0.15) is 4.98 Å². The summed E-state index contributed by atoms with van der Waals surface area (Å²) in [5.41, 5.74) is 1.49. The first kappa shape index (κ1) is 21.7. The van der Waals surface area contributed by atoms with Crippen LogP contribution in [0.1, 0.15) is 26.5 Å². The number of carbonyl (C=O) groups excluding carboxylic acids is 1. The number of hydrogen-bond donors (Lipinski definition) is 1. The smallest absolute Gasteiger partial charge is 0.413 e. The van der Waals surface area contributed by atoms with Crippen molar-refractivity contribution in [2.45, 2.75) is 33.0 Å². The van der Waals surface area contributed by atoms with Crippen molar-refractivity contribution >= 4 is 38.9 Å². The summed E-state index contributed by atoms with van der Waals surface area (Å²) in [5, 5.41) is 14.3. The number of anilines is 1. The van der Waals surface area contributed by atoms with E-state index in [9.17, 15) is 4.79 Å². The molecule has 0 radical (unpaired) electrons. The topological polar surface area (TPSA) is 122 Å². The number of rotatable bonds is 5. The third-order valence-corrected chi connectivity index (χ3v) is 4.66. The summed E-state index contributed by atoms with van der Waals surface area (Å²) in [7, 11) is 1.73. The number of nitrogens with one attached hydrogen (secondary N) is 1. The number of amides is 1. The first-order valence-electron chi connectivity index (χ1n) is 9.69. The van der Waals surface area contributed by atoms with Crippen molar-refractivity contribution in [2.24, 2.45) is 7.05 Å². The van der Waals surface area contributed by atoms with Gasteiger partial charge in [0.15, 0.2) is 0 Å². The molecular weight excluding hydrogens is 480 g/mol. The molecule has 3 aromatic heterocycles. The summed E-state index contributed by atoms with van der Waals surface area (Å²) in [4.78, 5) is 21.0. The lowest BCUT2D eigenvalue weighted by Gasteiger charge is -2.19. The lowest BCUT2D eigenvalue weighted by atomic mass is 10.2. The first-order valence-corrected chi connectivity index (χ1v) is 10.5. The van der Waals surface area contributed by atoms with Crippen LogP contribution in [0.15, 0.2) is 40.9 Å². The summed E-state index contributed by atoms with van der Waals surface area (Å²) < 4.78 is 15.4. The number of aromatic nitrogens is 7. The van der Waals surface area contributed by atoms with Gasteiger partial charge in [0.1, 0.15) is 18.0 Å². The van der Waals surface area contributed by atoms with Crippen molar-refractivity contribution < 1.29 is 14.3 Å². The van der Waals surface area contributed by atoms with Crippen LogP contribution in [0.25, 0.3) is 17.0 Å². The van der Waals surface area contributed by atoms with Crippen molar-refractivity contribution in [3.8, 4) is 12.0 Å². The highest BCUT2D eigenvalue weighted by Gasteiger charge is 2.19. The minimum atomic E-state index is -0.604. The molecule has 1 N–H and O–H groups in total. The lowest BCUT2D eigenvalue weighted by Crippen LogP contribution is -2.27. The van der Waals surface area contributed by atoms with Gasteiger partial charge in [-0.3, -0.25) is 5.32 Å². The normalized spacial score (nSPS) is 11.5. The molecular formula is C20H21BrN8O3. The van der Waals surface area contributed by atoms with Crippen molar-refractivity contribution in [1.29, 1.82) is 0 Å². The second kappa shape index (κ2) is 8.54. The average Bonchev–Trinajstić information content (AvgIpc) is 3.27. The first-order chi connectivity index (χ1) is 15.2. The van der Waals surface area contributed by atoms with E-state index in [0.29, 0.717) is 23.5 Å². The van der Waals surface area contributed by atoms with Crippen molar-refractivity contribution in [2.75, 3.05) is 5.32 Å². The molecule has 12 heteroatoms. The minimum Gasteiger partial charge on any atom is -0.458 e. The van der Waals surface area contributed by atoms with Crippen molar-refractivity contribution in [1.82, 2.24) is 34.7 Å². The Morgan fingerprint density at radius 1 is 1.19 bits per heavy atom. The van der Waals surface area contributed by atoms with Crippen LogP contribution in [0.4, 0.5) is 10.6 Å². The van der Waals surface area contributed by atoms with E-state index in [-0.39, 0.29) is 6.61 Å². The maximum absolute atomic E-state index is 12.0. The Labute approximate surface area is 191 Å². The number of aryl methyl sites for hydroxylation is 1. The Bertz CT molecular complexity index is 1280. The van der Waals surface area contributed by atoms with Crippen LogP contribution in [-0.2, 0) is 18.4 Å². The number of tetrazole rings is 1. The third kappa shape index (κ3) is 4.85. The lowest BCUT2D eigenvalue weighted by molar-refractivity contribution is 0.0635. The Kier molecular flexibility index (Phi) is 5.78. The molecule has 0 saturated heterocycles. The van der Waals surface area contributed by atoms with Gasteiger partial charge < -0.3 is 9.47 Å². The van der Waals surface area contributed by atoms with Gasteiger partial charge in [0.25, 0.3) is 5.95 Å². The molecule has 166 valence electrons. The van der Waals surface area contributed by atoms with Gasteiger partial charge in [-0.25, -0.2) is 19.0 Å². The second-order valence-electron chi connectivity index (χ2n) is 7.90. The van der Waals surface area contributed by atoms with Gasteiger partial charge in [-0.05, 0) is 61.5 Å².